The van der Waals surface area contributed by atoms with Crippen LogP contribution in [0.3, 0.4) is 0 Å². The normalized spacial score (nSPS) is 10.7. The first-order valence-corrected chi connectivity index (χ1v) is 6.45. The van der Waals surface area contributed by atoms with Crippen LogP contribution >= 0.6 is 23.2 Å². The van der Waals surface area contributed by atoms with Crippen molar-refractivity contribution in [2.24, 2.45) is 0 Å². The van der Waals surface area contributed by atoms with E-state index in [1.807, 2.05) is 0 Å². The lowest BCUT2D eigenvalue weighted by molar-refractivity contribution is 1.19. The van der Waals surface area contributed by atoms with E-state index in [0.717, 1.165) is 0 Å². The van der Waals surface area contributed by atoms with E-state index in [4.69, 9.17) is 35.5 Å². The average Bonchev–Trinajstić information content (AvgIpc) is 2.87. The van der Waals surface area contributed by atoms with Crippen LogP contribution < -0.4 is 5.73 Å². The zero-order chi connectivity index (χ0) is 14.3. The molecule has 0 spiro atoms. The summed E-state index contributed by atoms with van der Waals surface area (Å²) in [6, 6.07) is 5.14. The summed E-state index contributed by atoms with van der Waals surface area (Å²) in [5, 5.41) is 1.01. The van der Waals surface area contributed by atoms with Crippen molar-refractivity contribution in [1.29, 1.82) is 0 Å². The number of halogens is 2. The topological polar surface area (TPSA) is 47.7 Å². The highest BCUT2D eigenvalue weighted by atomic mass is 35.5. The first-order chi connectivity index (χ1) is 9.61. The molecule has 0 amide bonds. The molecule has 0 aliphatic rings. The molecule has 2 heterocycles. The van der Waals surface area contributed by atoms with E-state index in [-0.39, 0.29) is 0 Å². The van der Waals surface area contributed by atoms with Crippen LogP contribution in [0, 0.1) is 6.57 Å². The second-order valence-electron chi connectivity index (χ2n) is 4.20. The maximum Gasteiger partial charge on any atom is 0.222 e. The molecule has 20 heavy (non-hydrogen) atoms. The predicted molar refractivity (Wildman–Crippen MR) is 81.3 cm³/mol. The highest BCUT2D eigenvalue weighted by molar-refractivity contribution is 6.36. The third-order valence-electron chi connectivity index (χ3n) is 3.02. The lowest BCUT2D eigenvalue weighted by Gasteiger charge is -2.11. The molecule has 0 unspecified atom stereocenters. The number of nitrogens with zero attached hydrogens (tertiary/aromatic N) is 3. The molecule has 2 aromatic heterocycles. The van der Waals surface area contributed by atoms with Gasteiger partial charge in [-0.25, -0.2) is 9.83 Å². The van der Waals surface area contributed by atoms with Crippen molar-refractivity contribution in [2.75, 3.05) is 5.73 Å². The van der Waals surface area contributed by atoms with Crippen molar-refractivity contribution in [3.05, 3.63) is 58.3 Å². The average molecular weight is 303 g/mol. The molecule has 0 bridgehead atoms. The molecular weight excluding hydrogens is 295 g/mol. The Kier molecular flexibility index (Phi) is 3.01. The summed E-state index contributed by atoms with van der Waals surface area (Å²) in [6.07, 6.45) is 5.20. The smallest absolute Gasteiger partial charge is 0.222 e. The van der Waals surface area contributed by atoms with Gasteiger partial charge in [0.05, 0.1) is 12.3 Å². The largest absolute Gasteiger partial charge is 0.404 e. The van der Waals surface area contributed by atoms with Gasteiger partial charge in [0.25, 0.3) is 0 Å². The van der Waals surface area contributed by atoms with Gasteiger partial charge in [0.2, 0.25) is 5.69 Å². The zero-order valence-corrected chi connectivity index (χ0v) is 11.7. The third-order valence-corrected chi connectivity index (χ3v) is 3.57. The van der Waals surface area contributed by atoms with Crippen LogP contribution in [0.25, 0.3) is 21.6 Å². The fourth-order valence-electron chi connectivity index (χ4n) is 2.10. The Morgan fingerprint density at radius 1 is 1.25 bits per heavy atom. The lowest BCUT2D eigenvalue weighted by atomic mass is 10.0. The molecule has 0 saturated carbocycles. The van der Waals surface area contributed by atoms with Crippen LogP contribution in [0.1, 0.15) is 0 Å². The number of pyridine rings is 1. The van der Waals surface area contributed by atoms with E-state index in [2.05, 4.69) is 9.83 Å². The summed E-state index contributed by atoms with van der Waals surface area (Å²) >= 11 is 12.1. The fourth-order valence-corrected chi connectivity index (χ4v) is 2.61. The van der Waals surface area contributed by atoms with Crippen molar-refractivity contribution in [1.82, 2.24) is 9.38 Å². The third kappa shape index (κ3) is 1.88. The van der Waals surface area contributed by atoms with E-state index in [9.17, 15) is 0 Å². The van der Waals surface area contributed by atoms with E-state index < -0.39 is 0 Å². The minimum Gasteiger partial charge on any atom is -0.404 e. The van der Waals surface area contributed by atoms with Crippen molar-refractivity contribution >= 4 is 40.2 Å². The number of imidazole rings is 1. The highest BCUT2D eigenvalue weighted by Gasteiger charge is 2.16. The minimum atomic E-state index is 0.341. The molecule has 0 aliphatic heterocycles. The van der Waals surface area contributed by atoms with E-state index in [1.54, 1.807) is 41.2 Å². The van der Waals surface area contributed by atoms with Crippen LogP contribution in [-0.2, 0) is 0 Å². The van der Waals surface area contributed by atoms with Gasteiger partial charge in [-0.05, 0) is 17.7 Å². The van der Waals surface area contributed by atoms with Crippen molar-refractivity contribution in [2.45, 2.75) is 0 Å². The van der Waals surface area contributed by atoms with Crippen molar-refractivity contribution in [3.63, 3.8) is 0 Å². The number of aromatic nitrogens is 2. The van der Waals surface area contributed by atoms with Gasteiger partial charge in [-0.2, -0.15) is 0 Å². The Balaban J connectivity index is 2.38. The van der Waals surface area contributed by atoms with Crippen LogP contribution in [0.4, 0.5) is 11.4 Å². The van der Waals surface area contributed by atoms with Gasteiger partial charge in [0, 0.05) is 34.2 Å². The summed E-state index contributed by atoms with van der Waals surface area (Å²) in [5.41, 5.74) is 8.64. The van der Waals surface area contributed by atoms with Crippen molar-refractivity contribution in [3.8, 4) is 11.1 Å². The van der Waals surface area contributed by atoms with Gasteiger partial charge in [0.15, 0.2) is 0 Å². The molecule has 6 heteroatoms. The van der Waals surface area contributed by atoms with Gasteiger partial charge >= 0.3 is 0 Å². The zero-order valence-electron chi connectivity index (χ0n) is 10.1. The molecule has 0 saturated heterocycles. The molecular formula is C14H8Cl2N4. The standard InChI is InChI=1S/C14H8Cl2N4/c1-18-13-10(9-3-2-8(15)6-11(9)16)7-20-5-4-19-14(20)12(13)17/h2-7H,17H2. The molecule has 0 aliphatic carbocycles. The number of anilines is 1. The Morgan fingerprint density at radius 2 is 2.05 bits per heavy atom. The molecule has 3 rings (SSSR count). The first-order valence-electron chi connectivity index (χ1n) is 5.70. The maximum absolute atomic E-state index is 7.35. The van der Waals surface area contributed by atoms with Crippen LogP contribution in [0.15, 0.2) is 36.8 Å². The molecule has 3 aromatic rings. The molecule has 98 valence electrons. The lowest BCUT2D eigenvalue weighted by Crippen LogP contribution is -1.95. The predicted octanol–water partition coefficient (Wildman–Crippen LogP) is 4.44. The van der Waals surface area contributed by atoms with Gasteiger partial charge in [-0.15, -0.1) is 0 Å². The number of hydrogen-bond donors (Lipinski definition) is 1. The minimum absolute atomic E-state index is 0.341. The van der Waals surface area contributed by atoms with Crippen LogP contribution in [0.5, 0.6) is 0 Å². The molecule has 0 fully saturated rings. The van der Waals surface area contributed by atoms with E-state index in [0.29, 0.717) is 38.2 Å². The Bertz CT molecular complexity index is 861. The summed E-state index contributed by atoms with van der Waals surface area (Å²) < 4.78 is 1.77. The fraction of sp³-hybridized carbons (Fsp3) is 0. The van der Waals surface area contributed by atoms with Crippen LogP contribution in [-0.4, -0.2) is 9.38 Å². The Labute approximate surface area is 125 Å². The summed E-state index contributed by atoms with van der Waals surface area (Å²) in [6.45, 7) is 7.35. The number of hydrogen-bond acceptors (Lipinski definition) is 2. The molecule has 2 N–H and O–H groups in total. The first kappa shape index (κ1) is 12.8. The Morgan fingerprint density at radius 3 is 2.75 bits per heavy atom. The second kappa shape index (κ2) is 4.71. The van der Waals surface area contributed by atoms with Gasteiger partial charge in [0.1, 0.15) is 5.65 Å². The highest BCUT2D eigenvalue weighted by Crippen LogP contribution is 2.40. The summed E-state index contributed by atoms with van der Waals surface area (Å²) in [5.74, 6) is 0. The van der Waals surface area contributed by atoms with Crippen molar-refractivity contribution < 1.29 is 0 Å². The van der Waals surface area contributed by atoms with Crippen LogP contribution in [0.2, 0.25) is 10.0 Å². The quantitative estimate of drug-likeness (QED) is 0.675. The molecule has 4 nitrogen and oxygen atoms in total. The second-order valence-corrected chi connectivity index (χ2v) is 5.04. The summed E-state index contributed by atoms with van der Waals surface area (Å²) in [4.78, 5) is 7.66. The number of fused-ring (bicyclic) bond motifs is 1. The number of rotatable bonds is 1. The molecule has 0 radical (unpaired) electrons. The van der Waals surface area contributed by atoms with E-state index in [1.165, 1.54) is 0 Å². The summed E-state index contributed by atoms with van der Waals surface area (Å²) in [7, 11) is 0. The number of nitrogens with two attached hydrogens (primary N) is 1. The van der Waals surface area contributed by atoms with Gasteiger partial charge in [-0.1, -0.05) is 29.3 Å². The monoisotopic (exact) mass is 302 g/mol. The molecule has 1 aromatic carbocycles. The number of nitrogen functional groups attached to an aromatic ring is 1. The van der Waals surface area contributed by atoms with Gasteiger partial charge < -0.3 is 10.1 Å². The SMILES string of the molecule is [C-]#[N+]c1c(-c2ccc(Cl)cc2Cl)cn2ccnc2c1N. The Hall–Kier alpha value is -2.22. The maximum atomic E-state index is 7.35. The molecule has 0 atom stereocenters. The van der Waals surface area contributed by atoms with E-state index >= 15 is 0 Å². The number of benzene rings is 1. The van der Waals surface area contributed by atoms with Gasteiger partial charge in [-0.3, -0.25) is 0 Å².